The van der Waals surface area contributed by atoms with Crippen molar-refractivity contribution in [2.75, 3.05) is 20.3 Å². The van der Waals surface area contributed by atoms with Crippen LogP contribution in [0.4, 0.5) is 0 Å². The van der Waals surface area contributed by atoms with Crippen LogP contribution in [0.2, 0.25) is 0 Å². The van der Waals surface area contributed by atoms with Gasteiger partial charge in [0.1, 0.15) is 5.69 Å². The Morgan fingerprint density at radius 3 is 2.81 bits per heavy atom. The van der Waals surface area contributed by atoms with Crippen LogP contribution < -0.4 is 0 Å². The van der Waals surface area contributed by atoms with Gasteiger partial charge in [-0.25, -0.2) is 9.36 Å². The summed E-state index contributed by atoms with van der Waals surface area (Å²) >= 11 is 0. The monoisotopic (exact) mass is 367 g/mol. The van der Waals surface area contributed by atoms with Crippen LogP contribution in [0.1, 0.15) is 27.3 Å². The van der Waals surface area contributed by atoms with E-state index < -0.39 is 0 Å². The molecule has 0 saturated carbocycles. The lowest BCUT2D eigenvalue weighted by Gasteiger charge is -2.26. The highest BCUT2D eigenvalue weighted by Gasteiger charge is 2.26. The fourth-order valence-electron chi connectivity index (χ4n) is 3.24. The number of amides is 1. The number of rotatable bonds is 6. The van der Waals surface area contributed by atoms with Gasteiger partial charge in [0, 0.05) is 31.8 Å². The molecule has 9 nitrogen and oxygen atoms in total. The van der Waals surface area contributed by atoms with Crippen molar-refractivity contribution in [1.82, 2.24) is 34.9 Å². The number of ether oxygens (including phenoxy) is 1. The molecule has 0 unspecified atom stereocenters. The SMILES string of the molecule is COCCn1nnc2c1CCN(C(=O)c1ccc(Cn3ccnn3)cc1)C2. The van der Waals surface area contributed by atoms with Gasteiger partial charge in [0.25, 0.3) is 5.91 Å². The van der Waals surface area contributed by atoms with Crippen molar-refractivity contribution in [3.63, 3.8) is 0 Å². The van der Waals surface area contributed by atoms with Gasteiger partial charge in [0.2, 0.25) is 0 Å². The number of hydrogen-bond acceptors (Lipinski definition) is 6. The van der Waals surface area contributed by atoms with Crippen molar-refractivity contribution in [3.8, 4) is 0 Å². The van der Waals surface area contributed by atoms with Crippen molar-refractivity contribution in [3.05, 3.63) is 59.2 Å². The zero-order chi connectivity index (χ0) is 18.6. The minimum atomic E-state index is 0.0133. The summed E-state index contributed by atoms with van der Waals surface area (Å²) < 4.78 is 8.72. The fraction of sp³-hybridized carbons (Fsp3) is 0.389. The average Bonchev–Trinajstić information content (AvgIpc) is 3.35. The minimum absolute atomic E-state index is 0.0133. The molecule has 2 aromatic heterocycles. The number of methoxy groups -OCH3 is 1. The van der Waals surface area contributed by atoms with E-state index in [-0.39, 0.29) is 5.91 Å². The van der Waals surface area contributed by atoms with Crippen LogP contribution in [0, 0.1) is 0 Å². The summed E-state index contributed by atoms with van der Waals surface area (Å²) in [4.78, 5) is 14.7. The Morgan fingerprint density at radius 2 is 2.07 bits per heavy atom. The van der Waals surface area contributed by atoms with E-state index in [1.165, 1.54) is 0 Å². The summed E-state index contributed by atoms with van der Waals surface area (Å²) in [5.41, 5.74) is 3.71. The fourth-order valence-corrected chi connectivity index (χ4v) is 3.24. The lowest BCUT2D eigenvalue weighted by Crippen LogP contribution is -2.36. The molecule has 1 amide bonds. The molecule has 1 aliphatic heterocycles. The van der Waals surface area contributed by atoms with E-state index in [4.69, 9.17) is 4.74 Å². The van der Waals surface area contributed by atoms with Crippen LogP contribution in [0.5, 0.6) is 0 Å². The molecular weight excluding hydrogens is 346 g/mol. The van der Waals surface area contributed by atoms with Crippen LogP contribution >= 0.6 is 0 Å². The van der Waals surface area contributed by atoms with Gasteiger partial charge in [-0.3, -0.25) is 4.79 Å². The molecule has 3 aromatic rings. The maximum atomic E-state index is 12.8. The third-order valence-electron chi connectivity index (χ3n) is 4.69. The molecule has 0 bridgehead atoms. The van der Waals surface area contributed by atoms with Crippen LogP contribution in [0.15, 0.2) is 36.7 Å². The Kier molecular flexibility index (Phi) is 4.93. The standard InChI is InChI=1S/C18H21N7O2/c1-27-11-10-25-17-6-8-23(13-16(17)20-22-25)18(26)15-4-2-14(3-5-15)12-24-9-7-19-21-24/h2-5,7,9H,6,8,10-13H2,1H3. The molecular formula is C18H21N7O2. The normalized spacial score (nSPS) is 13.6. The molecule has 140 valence electrons. The van der Waals surface area contributed by atoms with E-state index in [0.29, 0.717) is 38.3 Å². The number of benzene rings is 1. The number of carbonyl (C=O) groups is 1. The Balaban J connectivity index is 1.42. The maximum Gasteiger partial charge on any atom is 0.254 e. The van der Waals surface area contributed by atoms with Gasteiger partial charge in [-0.2, -0.15) is 0 Å². The molecule has 3 heterocycles. The highest BCUT2D eigenvalue weighted by molar-refractivity contribution is 5.94. The third-order valence-corrected chi connectivity index (χ3v) is 4.69. The van der Waals surface area contributed by atoms with Gasteiger partial charge in [-0.1, -0.05) is 22.6 Å². The summed E-state index contributed by atoms with van der Waals surface area (Å²) in [5, 5.41) is 16.2. The Labute approximate surface area is 156 Å². The average molecular weight is 367 g/mol. The zero-order valence-electron chi connectivity index (χ0n) is 15.2. The first-order valence-electron chi connectivity index (χ1n) is 8.87. The van der Waals surface area contributed by atoms with E-state index in [2.05, 4.69) is 20.6 Å². The first kappa shape index (κ1) is 17.3. The van der Waals surface area contributed by atoms with Gasteiger partial charge >= 0.3 is 0 Å². The Morgan fingerprint density at radius 1 is 1.22 bits per heavy atom. The van der Waals surface area contributed by atoms with Crippen molar-refractivity contribution in [2.45, 2.75) is 26.1 Å². The van der Waals surface area contributed by atoms with Crippen LogP contribution in [-0.2, 0) is 30.8 Å². The van der Waals surface area contributed by atoms with E-state index >= 15 is 0 Å². The lowest BCUT2D eigenvalue weighted by molar-refractivity contribution is 0.0730. The van der Waals surface area contributed by atoms with E-state index in [9.17, 15) is 4.79 Å². The number of fused-ring (bicyclic) bond motifs is 1. The molecule has 0 saturated heterocycles. The highest BCUT2D eigenvalue weighted by Crippen LogP contribution is 2.19. The van der Waals surface area contributed by atoms with Gasteiger partial charge in [-0.05, 0) is 17.7 Å². The zero-order valence-corrected chi connectivity index (χ0v) is 15.2. The molecule has 0 N–H and O–H groups in total. The molecule has 0 aliphatic carbocycles. The second-order valence-electron chi connectivity index (χ2n) is 6.47. The van der Waals surface area contributed by atoms with Crippen LogP contribution in [0.25, 0.3) is 0 Å². The van der Waals surface area contributed by atoms with Crippen molar-refractivity contribution in [1.29, 1.82) is 0 Å². The molecule has 9 heteroatoms. The van der Waals surface area contributed by atoms with Gasteiger partial charge < -0.3 is 9.64 Å². The molecule has 1 aliphatic rings. The van der Waals surface area contributed by atoms with Crippen molar-refractivity contribution in [2.24, 2.45) is 0 Å². The van der Waals surface area contributed by atoms with Gasteiger partial charge in [0.05, 0.1) is 38.1 Å². The predicted molar refractivity (Wildman–Crippen MR) is 95.9 cm³/mol. The van der Waals surface area contributed by atoms with E-state index in [1.54, 1.807) is 18.0 Å². The van der Waals surface area contributed by atoms with Gasteiger partial charge in [0.15, 0.2) is 0 Å². The van der Waals surface area contributed by atoms with Crippen molar-refractivity contribution >= 4 is 5.91 Å². The van der Waals surface area contributed by atoms with Crippen LogP contribution in [0.3, 0.4) is 0 Å². The quantitative estimate of drug-likeness (QED) is 0.639. The predicted octanol–water partition coefficient (Wildman–Crippen LogP) is 0.763. The molecule has 0 spiro atoms. The molecule has 0 atom stereocenters. The second-order valence-corrected chi connectivity index (χ2v) is 6.47. The van der Waals surface area contributed by atoms with Gasteiger partial charge in [-0.15, -0.1) is 10.2 Å². The molecule has 0 radical (unpaired) electrons. The summed E-state index contributed by atoms with van der Waals surface area (Å²) in [6.07, 6.45) is 4.21. The summed E-state index contributed by atoms with van der Waals surface area (Å²) in [6, 6.07) is 7.62. The van der Waals surface area contributed by atoms with Crippen molar-refractivity contribution < 1.29 is 9.53 Å². The Bertz CT molecular complexity index is 902. The number of nitrogens with zero attached hydrogens (tertiary/aromatic N) is 7. The first-order chi connectivity index (χ1) is 13.2. The molecule has 0 fully saturated rings. The summed E-state index contributed by atoms with van der Waals surface area (Å²) in [5.74, 6) is 0.0133. The first-order valence-corrected chi connectivity index (χ1v) is 8.87. The minimum Gasteiger partial charge on any atom is -0.383 e. The topological polar surface area (TPSA) is 91.0 Å². The highest BCUT2D eigenvalue weighted by atomic mass is 16.5. The number of carbonyl (C=O) groups excluding carboxylic acids is 1. The number of aromatic nitrogens is 6. The van der Waals surface area contributed by atoms with E-state index in [1.807, 2.05) is 40.0 Å². The summed E-state index contributed by atoms with van der Waals surface area (Å²) in [7, 11) is 1.67. The van der Waals surface area contributed by atoms with E-state index in [0.717, 1.165) is 23.4 Å². The largest absolute Gasteiger partial charge is 0.383 e. The molecule has 1 aromatic carbocycles. The summed E-state index contributed by atoms with van der Waals surface area (Å²) in [6.45, 7) is 3.06. The Hall–Kier alpha value is -3.07. The second kappa shape index (κ2) is 7.67. The van der Waals surface area contributed by atoms with Crippen LogP contribution in [-0.4, -0.2) is 61.1 Å². The number of hydrogen-bond donors (Lipinski definition) is 0. The maximum absolute atomic E-state index is 12.8. The smallest absolute Gasteiger partial charge is 0.254 e. The molecule has 4 rings (SSSR count). The molecule has 27 heavy (non-hydrogen) atoms. The lowest BCUT2D eigenvalue weighted by atomic mass is 10.1. The third kappa shape index (κ3) is 3.72.